The number of nitrogens with two attached hydrogens (primary N) is 1. The standard InChI is InChI=1S/C15H18N6OS/c1-8-10(17-5-3-11(8)22-2)7-21-13-12-9(20-21)4-6-23-14(12)19-15(16)18-13/h3,5,9,20H,4,6-7H2,1-2H3,(H2,16,18,19). The van der Waals surface area contributed by atoms with E-state index >= 15 is 0 Å². The van der Waals surface area contributed by atoms with E-state index in [1.54, 1.807) is 25.1 Å². The van der Waals surface area contributed by atoms with E-state index in [0.717, 1.165) is 45.6 Å². The Hall–Kier alpha value is -2.06. The number of nitrogen functional groups attached to an aromatic ring is 1. The van der Waals surface area contributed by atoms with Crippen molar-refractivity contribution < 1.29 is 4.74 Å². The summed E-state index contributed by atoms with van der Waals surface area (Å²) in [7, 11) is 1.67. The first-order chi connectivity index (χ1) is 11.2. The van der Waals surface area contributed by atoms with Crippen LogP contribution in [0.15, 0.2) is 17.3 Å². The summed E-state index contributed by atoms with van der Waals surface area (Å²) in [5.41, 5.74) is 12.6. The van der Waals surface area contributed by atoms with Gasteiger partial charge in [0.1, 0.15) is 10.8 Å². The number of rotatable bonds is 3. The van der Waals surface area contributed by atoms with E-state index in [1.807, 2.05) is 18.0 Å². The Morgan fingerprint density at radius 1 is 1.48 bits per heavy atom. The van der Waals surface area contributed by atoms with Crippen molar-refractivity contribution in [3.8, 4) is 5.75 Å². The Labute approximate surface area is 138 Å². The van der Waals surface area contributed by atoms with Crippen LogP contribution in [0.1, 0.15) is 29.3 Å². The lowest BCUT2D eigenvalue weighted by molar-refractivity contribution is 0.409. The van der Waals surface area contributed by atoms with Gasteiger partial charge in [-0.15, -0.1) is 11.8 Å². The minimum atomic E-state index is 0.257. The lowest BCUT2D eigenvalue weighted by Crippen LogP contribution is -2.35. The van der Waals surface area contributed by atoms with Crippen molar-refractivity contribution in [2.75, 3.05) is 23.6 Å². The third-order valence-corrected chi connectivity index (χ3v) is 5.28. The van der Waals surface area contributed by atoms with Gasteiger partial charge in [0.05, 0.1) is 25.4 Å². The van der Waals surface area contributed by atoms with Crippen LogP contribution < -0.4 is 20.9 Å². The number of thioether (sulfide) groups is 1. The number of ether oxygens (including phenoxy) is 1. The van der Waals surface area contributed by atoms with Crippen LogP contribution in [-0.4, -0.2) is 27.8 Å². The molecule has 2 aromatic rings. The van der Waals surface area contributed by atoms with Crippen LogP contribution in [0.2, 0.25) is 0 Å². The molecule has 2 aromatic heterocycles. The summed E-state index contributed by atoms with van der Waals surface area (Å²) in [6, 6.07) is 2.13. The Balaban J connectivity index is 1.71. The molecule has 1 atom stereocenters. The van der Waals surface area contributed by atoms with Gasteiger partial charge in [0, 0.05) is 23.1 Å². The summed E-state index contributed by atoms with van der Waals surface area (Å²) >= 11 is 1.74. The molecule has 23 heavy (non-hydrogen) atoms. The topological polar surface area (TPSA) is 89.2 Å². The van der Waals surface area contributed by atoms with Gasteiger partial charge < -0.3 is 10.5 Å². The second-order valence-electron chi connectivity index (χ2n) is 5.61. The number of hydrogen-bond donors (Lipinski definition) is 2. The number of nitrogens with one attached hydrogen (secondary N) is 1. The zero-order valence-electron chi connectivity index (χ0n) is 13.0. The fourth-order valence-corrected chi connectivity index (χ4v) is 4.17. The quantitative estimate of drug-likeness (QED) is 0.824. The molecule has 0 spiro atoms. The number of nitrogens with zero attached hydrogens (tertiary/aromatic N) is 4. The van der Waals surface area contributed by atoms with Crippen molar-refractivity contribution in [3.63, 3.8) is 0 Å². The summed E-state index contributed by atoms with van der Waals surface area (Å²) in [6.45, 7) is 2.62. The van der Waals surface area contributed by atoms with E-state index in [2.05, 4.69) is 20.4 Å². The second kappa shape index (κ2) is 5.54. The van der Waals surface area contributed by atoms with E-state index in [1.165, 1.54) is 0 Å². The van der Waals surface area contributed by atoms with Crippen LogP contribution in [0, 0.1) is 6.92 Å². The molecular weight excluding hydrogens is 312 g/mol. The van der Waals surface area contributed by atoms with E-state index in [9.17, 15) is 0 Å². The van der Waals surface area contributed by atoms with Crippen LogP contribution in [0.4, 0.5) is 11.8 Å². The third kappa shape index (κ3) is 2.38. The van der Waals surface area contributed by atoms with E-state index in [0.29, 0.717) is 12.5 Å². The smallest absolute Gasteiger partial charge is 0.223 e. The minimum Gasteiger partial charge on any atom is -0.496 e. The van der Waals surface area contributed by atoms with Crippen molar-refractivity contribution >= 4 is 23.5 Å². The van der Waals surface area contributed by atoms with Crippen molar-refractivity contribution in [3.05, 3.63) is 29.1 Å². The predicted molar refractivity (Wildman–Crippen MR) is 89.4 cm³/mol. The van der Waals surface area contributed by atoms with Gasteiger partial charge in [-0.25, -0.2) is 10.4 Å². The first kappa shape index (κ1) is 14.5. The molecule has 0 amide bonds. The predicted octanol–water partition coefficient (Wildman–Crippen LogP) is 1.83. The molecule has 0 aromatic carbocycles. The maximum atomic E-state index is 5.88. The second-order valence-corrected chi connectivity index (χ2v) is 6.70. The highest BCUT2D eigenvalue weighted by atomic mass is 32.2. The lowest BCUT2D eigenvalue weighted by atomic mass is 10.1. The summed E-state index contributed by atoms with van der Waals surface area (Å²) in [5.74, 6) is 3.06. The number of anilines is 2. The monoisotopic (exact) mass is 330 g/mol. The van der Waals surface area contributed by atoms with Crippen molar-refractivity contribution in [2.24, 2.45) is 0 Å². The molecule has 4 heterocycles. The number of hydrogen-bond acceptors (Lipinski definition) is 8. The van der Waals surface area contributed by atoms with Crippen molar-refractivity contribution in [2.45, 2.75) is 31.0 Å². The molecule has 8 heteroatoms. The number of hydrazine groups is 1. The van der Waals surface area contributed by atoms with Gasteiger partial charge in [-0.2, -0.15) is 4.98 Å². The Bertz CT molecular complexity index is 768. The largest absolute Gasteiger partial charge is 0.496 e. The molecule has 7 nitrogen and oxygen atoms in total. The third-order valence-electron chi connectivity index (χ3n) is 4.26. The highest BCUT2D eigenvalue weighted by Gasteiger charge is 2.36. The fraction of sp³-hybridized carbons (Fsp3) is 0.400. The van der Waals surface area contributed by atoms with Gasteiger partial charge >= 0.3 is 0 Å². The van der Waals surface area contributed by atoms with Crippen molar-refractivity contribution in [1.82, 2.24) is 20.4 Å². The van der Waals surface area contributed by atoms with Crippen LogP contribution in [0.5, 0.6) is 5.75 Å². The summed E-state index contributed by atoms with van der Waals surface area (Å²) in [6.07, 6.45) is 2.82. The minimum absolute atomic E-state index is 0.257. The molecule has 2 aliphatic heterocycles. The zero-order chi connectivity index (χ0) is 16.0. The van der Waals surface area contributed by atoms with E-state index < -0.39 is 0 Å². The van der Waals surface area contributed by atoms with Gasteiger partial charge in [-0.3, -0.25) is 9.99 Å². The highest BCUT2D eigenvalue weighted by Crippen LogP contribution is 2.44. The SMILES string of the molecule is COc1ccnc(CN2NC3CCSc4nc(N)nc2c43)c1C. The van der Waals surface area contributed by atoms with E-state index in [-0.39, 0.29) is 6.04 Å². The first-order valence-electron chi connectivity index (χ1n) is 7.49. The molecule has 0 saturated heterocycles. The van der Waals surface area contributed by atoms with Crippen LogP contribution in [0.3, 0.4) is 0 Å². The normalized spacial score (nSPS) is 18.9. The molecule has 1 unspecified atom stereocenters. The molecule has 0 fully saturated rings. The first-order valence-corrected chi connectivity index (χ1v) is 8.48. The maximum absolute atomic E-state index is 5.88. The fourth-order valence-electron chi connectivity index (χ4n) is 3.08. The van der Waals surface area contributed by atoms with Crippen LogP contribution >= 0.6 is 11.8 Å². The molecule has 0 aliphatic carbocycles. The number of methoxy groups -OCH3 is 1. The summed E-state index contributed by atoms with van der Waals surface area (Å²) in [5, 5.41) is 3.02. The Morgan fingerprint density at radius 2 is 2.35 bits per heavy atom. The molecule has 0 saturated carbocycles. The number of aromatic nitrogens is 3. The molecule has 2 aliphatic rings. The average Bonchev–Trinajstić information content (AvgIpc) is 2.88. The molecular formula is C15H18N6OS. The molecule has 0 radical (unpaired) electrons. The van der Waals surface area contributed by atoms with Gasteiger partial charge in [-0.05, 0) is 19.4 Å². The molecule has 4 rings (SSSR count). The van der Waals surface area contributed by atoms with Gasteiger partial charge in [-0.1, -0.05) is 0 Å². The van der Waals surface area contributed by atoms with Gasteiger partial charge in [0.2, 0.25) is 5.95 Å². The van der Waals surface area contributed by atoms with E-state index in [4.69, 9.17) is 10.5 Å². The maximum Gasteiger partial charge on any atom is 0.223 e. The van der Waals surface area contributed by atoms with Gasteiger partial charge in [0.15, 0.2) is 5.82 Å². The highest BCUT2D eigenvalue weighted by molar-refractivity contribution is 7.99. The zero-order valence-corrected chi connectivity index (χ0v) is 13.9. The van der Waals surface area contributed by atoms with Crippen molar-refractivity contribution in [1.29, 1.82) is 0 Å². The van der Waals surface area contributed by atoms with Crippen LogP contribution in [0.25, 0.3) is 0 Å². The Morgan fingerprint density at radius 3 is 3.17 bits per heavy atom. The number of pyridine rings is 1. The van der Waals surface area contributed by atoms with Crippen LogP contribution in [-0.2, 0) is 6.54 Å². The molecule has 0 bridgehead atoms. The Kier molecular flexibility index (Phi) is 3.50. The molecule has 3 N–H and O–H groups in total. The lowest BCUT2D eigenvalue weighted by Gasteiger charge is -2.21. The summed E-state index contributed by atoms with van der Waals surface area (Å²) in [4.78, 5) is 13.3. The summed E-state index contributed by atoms with van der Waals surface area (Å²) < 4.78 is 5.38. The average molecular weight is 330 g/mol. The molecule has 120 valence electrons. The van der Waals surface area contributed by atoms with Gasteiger partial charge in [0.25, 0.3) is 0 Å².